The van der Waals surface area contributed by atoms with Crippen molar-refractivity contribution in [3.05, 3.63) is 29.8 Å². The van der Waals surface area contributed by atoms with Gasteiger partial charge in [-0.05, 0) is 64.7 Å². The largest absolute Gasteiger partial charge is 0.444 e. The maximum Gasteiger partial charge on any atom is 0.410 e. The van der Waals surface area contributed by atoms with Crippen LogP contribution in [0.1, 0.15) is 52.9 Å². The molecule has 1 amide bonds. The number of piperidine rings is 1. The standard InChI is InChI=1S/C20H28F2N2O4S/c1-20(2,3)28-19(25)23-11-6-8-17(23)18-7-4-5-12-24(18)29(26,27)14-9-10-15(21)16(22)13-14/h9-10,13,17-18H,4-8,11-12H2,1-3H3. The van der Waals surface area contributed by atoms with Crippen molar-refractivity contribution in [1.29, 1.82) is 0 Å². The van der Waals surface area contributed by atoms with Gasteiger partial charge < -0.3 is 9.64 Å². The number of carbonyl (C=O) groups excluding carboxylic acids is 1. The van der Waals surface area contributed by atoms with Gasteiger partial charge in [0, 0.05) is 19.1 Å². The molecule has 2 unspecified atom stereocenters. The van der Waals surface area contributed by atoms with E-state index in [0.717, 1.165) is 31.0 Å². The van der Waals surface area contributed by atoms with Gasteiger partial charge in [-0.3, -0.25) is 0 Å². The highest BCUT2D eigenvalue weighted by molar-refractivity contribution is 7.89. The summed E-state index contributed by atoms with van der Waals surface area (Å²) in [4.78, 5) is 14.0. The normalized spacial score (nSPS) is 24.0. The van der Waals surface area contributed by atoms with Crippen LogP contribution in [0.15, 0.2) is 23.1 Å². The van der Waals surface area contributed by atoms with E-state index in [4.69, 9.17) is 4.74 Å². The monoisotopic (exact) mass is 430 g/mol. The molecule has 2 aliphatic heterocycles. The predicted molar refractivity (Wildman–Crippen MR) is 104 cm³/mol. The average Bonchev–Trinajstić information content (AvgIpc) is 3.12. The molecule has 0 aliphatic carbocycles. The number of amides is 1. The molecule has 2 heterocycles. The second-order valence-corrected chi connectivity index (χ2v) is 10.5. The van der Waals surface area contributed by atoms with Gasteiger partial charge in [0.15, 0.2) is 11.6 Å². The van der Waals surface area contributed by atoms with E-state index in [-0.39, 0.29) is 17.5 Å². The number of hydrogen-bond donors (Lipinski definition) is 0. The number of hydrogen-bond acceptors (Lipinski definition) is 4. The van der Waals surface area contributed by atoms with Crippen molar-refractivity contribution in [2.75, 3.05) is 13.1 Å². The van der Waals surface area contributed by atoms with Crippen LogP contribution in [0.2, 0.25) is 0 Å². The van der Waals surface area contributed by atoms with Crippen LogP contribution in [0.25, 0.3) is 0 Å². The van der Waals surface area contributed by atoms with E-state index in [1.807, 2.05) is 0 Å². The zero-order valence-electron chi connectivity index (χ0n) is 17.0. The quantitative estimate of drug-likeness (QED) is 0.729. The van der Waals surface area contributed by atoms with Crippen molar-refractivity contribution in [1.82, 2.24) is 9.21 Å². The maximum absolute atomic E-state index is 13.7. The molecule has 162 valence electrons. The molecule has 0 N–H and O–H groups in total. The summed E-state index contributed by atoms with van der Waals surface area (Å²) in [7, 11) is -4.02. The average molecular weight is 431 g/mol. The van der Waals surface area contributed by atoms with E-state index in [2.05, 4.69) is 0 Å². The number of sulfonamides is 1. The fourth-order valence-electron chi connectivity index (χ4n) is 4.13. The van der Waals surface area contributed by atoms with E-state index in [1.54, 1.807) is 25.7 Å². The van der Waals surface area contributed by atoms with Gasteiger partial charge in [-0.25, -0.2) is 22.0 Å². The molecule has 6 nitrogen and oxygen atoms in total. The van der Waals surface area contributed by atoms with Crippen LogP contribution >= 0.6 is 0 Å². The SMILES string of the molecule is CC(C)(C)OC(=O)N1CCCC1C1CCCCN1S(=O)(=O)c1ccc(F)c(F)c1. The van der Waals surface area contributed by atoms with Crippen molar-refractivity contribution >= 4 is 16.1 Å². The van der Waals surface area contributed by atoms with Gasteiger partial charge in [0.05, 0.1) is 10.9 Å². The molecule has 3 rings (SSSR count). The van der Waals surface area contributed by atoms with Crippen molar-refractivity contribution in [3.63, 3.8) is 0 Å². The number of rotatable bonds is 3. The lowest BCUT2D eigenvalue weighted by molar-refractivity contribution is 0.0145. The molecule has 2 saturated heterocycles. The Morgan fingerprint density at radius 2 is 1.72 bits per heavy atom. The third-order valence-corrected chi connectivity index (χ3v) is 7.29. The van der Waals surface area contributed by atoms with Gasteiger partial charge >= 0.3 is 6.09 Å². The first kappa shape index (κ1) is 22.0. The zero-order valence-corrected chi connectivity index (χ0v) is 17.8. The van der Waals surface area contributed by atoms with Crippen LogP contribution < -0.4 is 0 Å². The molecule has 2 aliphatic rings. The molecule has 0 aromatic heterocycles. The Morgan fingerprint density at radius 3 is 2.38 bits per heavy atom. The maximum atomic E-state index is 13.7. The lowest BCUT2D eigenvalue weighted by Gasteiger charge is -2.41. The predicted octanol–water partition coefficient (Wildman–Crippen LogP) is 3.91. The smallest absolute Gasteiger partial charge is 0.410 e. The van der Waals surface area contributed by atoms with E-state index < -0.39 is 39.4 Å². The second kappa shape index (κ2) is 8.18. The summed E-state index contributed by atoms with van der Waals surface area (Å²) in [6.45, 7) is 6.16. The minimum Gasteiger partial charge on any atom is -0.444 e. The molecule has 9 heteroatoms. The van der Waals surface area contributed by atoms with Crippen molar-refractivity contribution < 1.29 is 26.7 Å². The Labute approximate surface area is 170 Å². The summed E-state index contributed by atoms with van der Waals surface area (Å²) in [5, 5.41) is 0. The van der Waals surface area contributed by atoms with E-state index >= 15 is 0 Å². The van der Waals surface area contributed by atoms with Crippen LogP contribution in [-0.4, -0.2) is 54.5 Å². The molecule has 1 aromatic carbocycles. The van der Waals surface area contributed by atoms with Crippen LogP contribution in [0.3, 0.4) is 0 Å². The Balaban J connectivity index is 1.89. The minimum absolute atomic E-state index is 0.273. The molecule has 0 saturated carbocycles. The molecular weight excluding hydrogens is 402 g/mol. The Kier molecular flexibility index (Phi) is 6.19. The molecular formula is C20H28F2N2O4S. The Morgan fingerprint density at radius 1 is 1.03 bits per heavy atom. The lowest BCUT2D eigenvalue weighted by Crippen LogP contribution is -2.55. The number of nitrogens with zero attached hydrogens (tertiary/aromatic N) is 2. The van der Waals surface area contributed by atoms with E-state index in [1.165, 1.54) is 4.31 Å². The van der Waals surface area contributed by atoms with Gasteiger partial charge in [-0.15, -0.1) is 0 Å². The first-order valence-corrected chi connectivity index (χ1v) is 11.4. The van der Waals surface area contributed by atoms with Gasteiger partial charge in [-0.2, -0.15) is 4.31 Å². The molecule has 0 radical (unpaired) electrons. The second-order valence-electron chi connectivity index (χ2n) is 8.64. The Bertz CT molecular complexity index is 870. The van der Waals surface area contributed by atoms with Crippen LogP contribution in [0, 0.1) is 11.6 Å². The number of ether oxygens (including phenoxy) is 1. The summed E-state index contributed by atoms with van der Waals surface area (Å²) in [5.41, 5.74) is -0.645. The van der Waals surface area contributed by atoms with Crippen molar-refractivity contribution in [2.24, 2.45) is 0 Å². The first-order valence-electron chi connectivity index (χ1n) is 9.97. The molecule has 29 heavy (non-hydrogen) atoms. The van der Waals surface area contributed by atoms with Crippen molar-refractivity contribution in [3.8, 4) is 0 Å². The van der Waals surface area contributed by atoms with Gasteiger partial charge in [0.2, 0.25) is 10.0 Å². The van der Waals surface area contributed by atoms with Crippen molar-refractivity contribution in [2.45, 2.75) is 75.5 Å². The topological polar surface area (TPSA) is 66.9 Å². The molecule has 0 spiro atoms. The number of halogens is 2. The summed E-state index contributed by atoms with van der Waals surface area (Å²) in [6, 6.07) is 1.90. The van der Waals surface area contributed by atoms with E-state index in [0.29, 0.717) is 25.8 Å². The highest BCUT2D eigenvalue weighted by atomic mass is 32.2. The van der Waals surface area contributed by atoms with E-state index in [9.17, 15) is 22.0 Å². The lowest BCUT2D eigenvalue weighted by atomic mass is 9.96. The van der Waals surface area contributed by atoms with Gasteiger partial charge in [0.25, 0.3) is 0 Å². The third kappa shape index (κ3) is 4.71. The summed E-state index contributed by atoms with van der Waals surface area (Å²) < 4.78 is 60.3. The van der Waals surface area contributed by atoms with Gasteiger partial charge in [-0.1, -0.05) is 6.42 Å². The first-order chi connectivity index (χ1) is 13.5. The highest BCUT2D eigenvalue weighted by Crippen LogP contribution is 2.34. The molecule has 2 fully saturated rings. The fourth-order valence-corrected chi connectivity index (χ4v) is 5.86. The zero-order chi connectivity index (χ0) is 21.4. The van der Waals surface area contributed by atoms with Crippen LogP contribution in [-0.2, 0) is 14.8 Å². The molecule has 1 aromatic rings. The summed E-state index contributed by atoms with van der Waals surface area (Å²) >= 11 is 0. The fraction of sp³-hybridized carbons (Fsp3) is 0.650. The minimum atomic E-state index is -4.02. The number of carbonyl (C=O) groups is 1. The van der Waals surface area contributed by atoms with Crippen LogP contribution in [0.5, 0.6) is 0 Å². The van der Waals surface area contributed by atoms with Gasteiger partial charge in [0.1, 0.15) is 5.60 Å². The summed E-state index contributed by atoms with van der Waals surface area (Å²) in [5.74, 6) is -2.29. The third-order valence-electron chi connectivity index (χ3n) is 5.37. The number of benzene rings is 1. The molecule has 2 atom stereocenters. The number of likely N-dealkylation sites (tertiary alicyclic amines) is 1. The van der Waals surface area contributed by atoms with Crippen LogP contribution in [0.4, 0.5) is 13.6 Å². The molecule has 0 bridgehead atoms. The Hall–Kier alpha value is -1.74. The summed E-state index contributed by atoms with van der Waals surface area (Å²) in [6.07, 6.45) is 3.11. The highest BCUT2D eigenvalue weighted by Gasteiger charge is 2.44.